The topological polar surface area (TPSA) is 184 Å². The van der Waals surface area contributed by atoms with Crippen molar-refractivity contribution in [1.82, 2.24) is 0 Å². The summed E-state index contributed by atoms with van der Waals surface area (Å²) in [5.41, 5.74) is 0. The van der Waals surface area contributed by atoms with Crippen molar-refractivity contribution in [1.29, 1.82) is 0 Å². The normalized spacial score (nSPS) is 5.54. The predicted octanol–water partition coefficient (Wildman–Crippen LogP) is -0.840. The summed E-state index contributed by atoms with van der Waals surface area (Å²) in [6, 6.07) is 0. The van der Waals surface area contributed by atoms with Crippen LogP contribution >= 0.6 is 0 Å². The Morgan fingerprint density at radius 3 is 0.769 bits per heavy atom. The molecule has 0 bridgehead atoms. The maximum absolute atomic E-state index is 8.61. The van der Waals surface area contributed by atoms with Crippen LogP contribution in [-0.4, -0.2) is 10.2 Å². The average molecular weight is 419 g/mol. The quantitative estimate of drug-likeness (QED) is 0.274. The minimum atomic E-state index is -4.28. The minimum absolute atomic E-state index is 0. The number of nitrogens with zero attached hydrogens (tertiary/aromatic N) is 2. The number of hydrogen-bond donors (Lipinski definition) is 0. The first-order chi connectivity index (χ1) is 5.20. The molecular formula is CuN2O9W. The Balaban J connectivity index is -0.0000000450. The van der Waals surface area contributed by atoms with Gasteiger partial charge in [0.25, 0.3) is 0 Å². The zero-order valence-corrected chi connectivity index (χ0v) is 9.15. The van der Waals surface area contributed by atoms with E-state index in [0.717, 1.165) is 0 Å². The molecule has 0 aromatic carbocycles. The zero-order chi connectivity index (χ0) is 10.7. The van der Waals surface area contributed by atoms with Gasteiger partial charge in [-0.3, -0.25) is 0 Å². The van der Waals surface area contributed by atoms with Gasteiger partial charge in [0.05, 0.1) is 10.2 Å². The van der Waals surface area contributed by atoms with E-state index in [0.29, 0.717) is 0 Å². The summed E-state index contributed by atoms with van der Waals surface area (Å²) in [7, 11) is 0. The second-order valence-corrected chi connectivity index (χ2v) is 2.12. The SMILES string of the molecule is O=[N+]([O-])[O-].O=[N+]([O-])[O-].[Cu+2].[O]=[W](=[O])=[O]. The van der Waals surface area contributed by atoms with Gasteiger partial charge in [0.1, 0.15) is 0 Å². The van der Waals surface area contributed by atoms with Crippen molar-refractivity contribution < 1.29 is 54.6 Å². The third-order valence-corrected chi connectivity index (χ3v) is 0. The van der Waals surface area contributed by atoms with Gasteiger partial charge in [0.15, 0.2) is 0 Å². The van der Waals surface area contributed by atoms with Crippen molar-refractivity contribution in [3.8, 4) is 0 Å². The average Bonchev–Trinajstić information content (AvgIpc) is 1.54. The van der Waals surface area contributed by atoms with E-state index < -0.39 is 27.4 Å². The summed E-state index contributed by atoms with van der Waals surface area (Å²) < 4.78 is 25.8. The van der Waals surface area contributed by atoms with Crippen molar-refractivity contribution in [2.24, 2.45) is 0 Å². The molecule has 0 aliphatic rings. The fourth-order valence-electron chi connectivity index (χ4n) is 0. The van der Waals surface area contributed by atoms with Gasteiger partial charge in [-0.1, -0.05) is 0 Å². The van der Waals surface area contributed by atoms with Gasteiger partial charge in [-0.2, -0.15) is 0 Å². The molecule has 0 unspecified atom stereocenters. The summed E-state index contributed by atoms with van der Waals surface area (Å²) in [5, 5.41) is 29.5. The van der Waals surface area contributed by atoms with Gasteiger partial charge in [0, 0.05) is 0 Å². The molecule has 11 nitrogen and oxygen atoms in total. The molecule has 0 saturated heterocycles. The molecule has 0 aromatic rings. The summed E-state index contributed by atoms with van der Waals surface area (Å²) in [5.74, 6) is 0. The van der Waals surface area contributed by atoms with E-state index in [1.54, 1.807) is 0 Å². The van der Waals surface area contributed by atoms with Gasteiger partial charge in [-0.25, -0.2) is 0 Å². The zero-order valence-electron chi connectivity index (χ0n) is 5.28. The van der Waals surface area contributed by atoms with Crippen molar-refractivity contribution in [3.63, 3.8) is 0 Å². The van der Waals surface area contributed by atoms with Gasteiger partial charge >= 0.3 is 44.5 Å². The van der Waals surface area contributed by atoms with Crippen LogP contribution in [-0.2, 0) is 44.5 Å². The summed E-state index contributed by atoms with van der Waals surface area (Å²) >= 11 is -4.28. The van der Waals surface area contributed by atoms with Crippen molar-refractivity contribution in [2.45, 2.75) is 0 Å². The molecule has 0 heterocycles. The van der Waals surface area contributed by atoms with Crippen molar-refractivity contribution in [2.75, 3.05) is 0 Å². The molecule has 0 spiro atoms. The molecule has 0 amide bonds. The van der Waals surface area contributed by atoms with Crippen LogP contribution < -0.4 is 0 Å². The molecular weight excluding hydrogens is 419 g/mol. The predicted molar refractivity (Wildman–Crippen MR) is 22.8 cm³/mol. The van der Waals surface area contributed by atoms with Crippen LogP contribution in [0.3, 0.4) is 0 Å². The summed E-state index contributed by atoms with van der Waals surface area (Å²) in [6.07, 6.45) is 0. The van der Waals surface area contributed by atoms with E-state index in [-0.39, 0.29) is 17.1 Å². The first kappa shape index (κ1) is 22.7. The van der Waals surface area contributed by atoms with Gasteiger partial charge in [0.2, 0.25) is 0 Å². The van der Waals surface area contributed by atoms with Crippen LogP contribution in [0.1, 0.15) is 0 Å². The van der Waals surface area contributed by atoms with E-state index in [9.17, 15) is 0 Å². The Labute approximate surface area is 85.5 Å². The summed E-state index contributed by atoms with van der Waals surface area (Å²) in [4.78, 5) is 16.5. The molecule has 0 aliphatic heterocycles. The van der Waals surface area contributed by atoms with E-state index in [1.165, 1.54) is 0 Å². The third-order valence-electron chi connectivity index (χ3n) is 0. The molecule has 0 aliphatic carbocycles. The molecule has 1 radical (unpaired) electrons. The van der Waals surface area contributed by atoms with Crippen LogP contribution in [0.5, 0.6) is 0 Å². The van der Waals surface area contributed by atoms with Crippen LogP contribution in [0.2, 0.25) is 0 Å². The molecule has 0 rings (SSSR count). The van der Waals surface area contributed by atoms with Gasteiger partial charge in [-0.15, -0.1) is 0 Å². The fourth-order valence-corrected chi connectivity index (χ4v) is 0. The van der Waals surface area contributed by atoms with Crippen LogP contribution in [0, 0.1) is 30.6 Å². The molecule has 0 fully saturated rings. The Kier molecular flexibility index (Phi) is 30.0. The van der Waals surface area contributed by atoms with Gasteiger partial charge < -0.3 is 30.6 Å². The molecule has 13 heavy (non-hydrogen) atoms. The van der Waals surface area contributed by atoms with E-state index in [2.05, 4.69) is 0 Å². The molecule has 0 saturated carbocycles. The number of hydrogen-bond acceptors (Lipinski definition) is 9. The Morgan fingerprint density at radius 2 is 0.769 bits per heavy atom. The maximum atomic E-state index is 8.61. The summed E-state index contributed by atoms with van der Waals surface area (Å²) in [6.45, 7) is 0. The molecule has 13 heteroatoms. The fraction of sp³-hybridized carbons (Fsp3) is 0. The molecule has 0 atom stereocenters. The van der Waals surface area contributed by atoms with E-state index in [4.69, 9.17) is 40.8 Å². The second-order valence-electron chi connectivity index (χ2n) is 0.651. The Bertz CT molecular complexity index is 199. The molecule has 0 aromatic heterocycles. The van der Waals surface area contributed by atoms with Crippen LogP contribution in [0.25, 0.3) is 0 Å². The first-order valence-corrected chi connectivity index (χ1v) is 5.19. The van der Waals surface area contributed by atoms with E-state index >= 15 is 0 Å². The van der Waals surface area contributed by atoms with Crippen LogP contribution in [0.4, 0.5) is 0 Å². The third kappa shape index (κ3) is 907. The Hall–Kier alpha value is -0.992. The first-order valence-electron chi connectivity index (χ1n) is 1.60. The van der Waals surface area contributed by atoms with Gasteiger partial charge in [-0.05, 0) is 0 Å². The monoisotopic (exact) mass is 419 g/mol. The number of rotatable bonds is 0. The van der Waals surface area contributed by atoms with Crippen LogP contribution in [0.15, 0.2) is 0 Å². The molecule has 0 N–H and O–H groups in total. The van der Waals surface area contributed by atoms with E-state index in [1.807, 2.05) is 0 Å². The standard InChI is InChI=1S/Cu.2NO3.3O.W/c;2*2-1(3)4;;;;/q+2;2*-1;;;;. The van der Waals surface area contributed by atoms with Crippen molar-refractivity contribution in [3.05, 3.63) is 30.6 Å². The second kappa shape index (κ2) is 17.2. The van der Waals surface area contributed by atoms with Crippen molar-refractivity contribution >= 4 is 0 Å². The Morgan fingerprint density at radius 1 is 0.769 bits per heavy atom. The molecule has 81 valence electrons.